The van der Waals surface area contributed by atoms with Crippen LogP contribution in [0.5, 0.6) is 0 Å². The SMILES string of the molecule is Cc1cc(N)cc(S(=O)(=O)NCC2CCC(=O)N2)c1. The number of nitrogens with one attached hydrogen (secondary N) is 2. The molecule has 0 bridgehead atoms. The molecule has 1 fully saturated rings. The van der Waals surface area contributed by atoms with Gasteiger partial charge in [-0.2, -0.15) is 0 Å². The fraction of sp³-hybridized carbons (Fsp3) is 0.417. The Balaban J connectivity index is 2.07. The number of rotatable bonds is 4. The van der Waals surface area contributed by atoms with Gasteiger partial charge in [0.2, 0.25) is 15.9 Å². The van der Waals surface area contributed by atoms with Gasteiger partial charge < -0.3 is 11.1 Å². The first-order chi connectivity index (χ1) is 8.87. The number of nitrogen functional groups attached to an aromatic ring is 1. The first kappa shape index (κ1) is 13.8. The molecular weight excluding hydrogens is 266 g/mol. The molecule has 0 radical (unpaired) electrons. The van der Waals surface area contributed by atoms with Gasteiger partial charge in [0.1, 0.15) is 0 Å². The summed E-state index contributed by atoms with van der Waals surface area (Å²) >= 11 is 0. The monoisotopic (exact) mass is 283 g/mol. The van der Waals surface area contributed by atoms with Crippen LogP contribution in [-0.4, -0.2) is 26.9 Å². The molecule has 19 heavy (non-hydrogen) atoms. The molecule has 1 aromatic carbocycles. The number of carbonyl (C=O) groups is 1. The third-order valence-electron chi connectivity index (χ3n) is 2.99. The summed E-state index contributed by atoms with van der Waals surface area (Å²) in [6, 6.07) is 4.55. The quantitative estimate of drug-likeness (QED) is 0.684. The van der Waals surface area contributed by atoms with Crippen molar-refractivity contribution >= 4 is 21.6 Å². The van der Waals surface area contributed by atoms with Gasteiger partial charge in [-0.25, -0.2) is 13.1 Å². The number of hydrogen-bond acceptors (Lipinski definition) is 4. The summed E-state index contributed by atoms with van der Waals surface area (Å²) in [5.74, 6) is -0.0380. The normalized spacial score (nSPS) is 19.4. The highest BCUT2D eigenvalue weighted by Crippen LogP contribution is 2.16. The minimum absolute atomic E-state index is 0.0380. The smallest absolute Gasteiger partial charge is 0.240 e. The number of nitrogens with two attached hydrogens (primary N) is 1. The van der Waals surface area contributed by atoms with Crippen LogP contribution in [0.1, 0.15) is 18.4 Å². The van der Waals surface area contributed by atoms with Crippen molar-refractivity contribution in [3.05, 3.63) is 23.8 Å². The van der Waals surface area contributed by atoms with E-state index in [-0.39, 0.29) is 23.4 Å². The lowest BCUT2D eigenvalue weighted by Crippen LogP contribution is -2.38. The molecule has 4 N–H and O–H groups in total. The summed E-state index contributed by atoms with van der Waals surface area (Å²) in [6.45, 7) is 1.98. The first-order valence-electron chi connectivity index (χ1n) is 6.03. The number of carbonyl (C=O) groups excluding carboxylic acids is 1. The van der Waals surface area contributed by atoms with Gasteiger partial charge in [-0.15, -0.1) is 0 Å². The van der Waals surface area contributed by atoms with Gasteiger partial charge in [0.25, 0.3) is 0 Å². The van der Waals surface area contributed by atoms with Crippen molar-refractivity contribution in [2.24, 2.45) is 0 Å². The van der Waals surface area contributed by atoms with E-state index in [1.54, 1.807) is 19.1 Å². The summed E-state index contributed by atoms with van der Waals surface area (Å²) < 4.78 is 26.7. The zero-order chi connectivity index (χ0) is 14.0. The maximum Gasteiger partial charge on any atom is 0.240 e. The van der Waals surface area contributed by atoms with Crippen LogP contribution in [0, 0.1) is 6.92 Å². The van der Waals surface area contributed by atoms with Crippen molar-refractivity contribution in [2.45, 2.75) is 30.7 Å². The zero-order valence-corrected chi connectivity index (χ0v) is 11.5. The van der Waals surface area contributed by atoms with Gasteiger partial charge in [0.15, 0.2) is 0 Å². The Bertz CT molecular complexity index is 578. The van der Waals surface area contributed by atoms with Crippen molar-refractivity contribution in [3.8, 4) is 0 Å². The molecular formula is C12H17N3O3S. The average Bonchev–Trinajstić information content (AvgIpc) is 2.71. The van der Waals surface area contributed by atoms with E-state index in [1.807, 2.05) is 0 Å². The van der Waals surface area contributed by atoms with E-state index >= 15 is 0 Å². The van der Waals surface area contributed by atoms with E-state index < -0.39 is 10.0 Å². The van der Waals surface area contributed by atoms with E-state index in [2.05, 4.69) is 10.0 Å². The van der Waals surface area contributed by atoms with Crippen LogP contribution in [0.15, 0.2) is 23.1 Å². The minimum Gasteiger partial charge on any atom is -0.399 e. The molecule has 1 amide bonds. The Kier molecular flexibility index (Phi) is 3.77. The second-order valence-corrected chi connectivity index (χ2v) is 6.50. The number of anilines is 1. The molecule has 2 rings (SSSR count). The average molecular weight is 283 g/mol. The molecule has 1 heterocycles. The number of sulfonamides is 1. The summed E-state index contributed by atoms with van der Waals surface area (Å²) in [7, 11) is -3.59. The Morgan fingerprint density at radius 3 is 2.74 bits per heavy atom. The summed E-state index contributed by atoms with van der Waals surface area (Å²) in [6.07, 6.45) is 1.10. The first-order valence-corrected chi connectivity index (χ1v) is 7.51. The number of amides is 1. The molecule has 1 aromatic rings. The predicted octanol–water partition coefficient (Wildman–Crippen LogP) is 0.134. The molecule has 1 unspecified atom stereocenters. The molecule has 104 valence electrons. The maximum atomic E-state index is 12.1. The number of benzene rings is 1. The number of aryl methyl sites for hydroxylation is 1. The molecule has 7 heteroatoms. The second kappa shape index (κ2) is 5.18. The predicted molar refractivity (Wildman–Crippen MR) is 71.9 cm³/mol. The van der Waals surface area contributed by atoms with Crippen LogP contribution in [0.25, 0.3) is 0 Å². The van der Waals surface area contributed by atoms with Gasteiger partial charge in [-0.05, 0) is 37.1 Å². The van der Waals surface area contributed by atoms with E-state index in [0.717, 1.165) is 5.56 Å². The van der Waals surface area contributed by atoms with E-state index in [0.29, 0.717) is 18.5 Å². The van der Waals surface area contributed by atoms with E-state index in [1.165, 1.54) is 6.07 Å². The van der Waals surface area contributed by atoms with Crippen molar-refractivity contribution < 1.29 is 13.2 Å². The molecule has 1 saturated heterocycles. The topological polar surface area (TPSA) is 101 Å². The lowest BCUT2D eigenvalue weighted by Gasteiger charge is -2.12. The molecule has 0 saturated carbocycles. The lowest BCUT2D eigenvalue weighted by molar-refractivity contribution is -0.119. The van der Waals surface area contributed by atoms with E-state index in [4.69, 9.17) is 5.73 Å². The highest BCUT2D eigenvalue weighted by Gasteiger charge is 2.23. The van der Waals surface area contributed by atoms with Gasteiger partial charge in [0, 0.05) is 24.7 Å². The zero-order valence-electron chi connectivity index (χ0n) is 10.6. The van der Waals surface area contributed by atoms with Gasteiger partial charge >= 0.3 is 0 Å². The Morgan fingerprint density at radius 2 is 2.16 bits per heavy atom. The Morgan fingerprint density at radius 1 is 1.42 bits per heavy atom. The highest BCUT2D eigenvalue weighted by molar-refractivity contribution is 7.89. The van der Waals surface area contributed by atoms with Crippen molar-refractivity contribution in [2.75, 3.05) is 12.3 Å². The third-order valence-corrected chi connectivity index (χ3v) is 4.39. The Labute approximate surface area is 112 Å². The summed E-state index contributed by atoms with van der Waals surface area (Å²) in [4.78, 5) is 11.2. The van der Waals surface area contributed by atoms with Gasteiger partial charge in [0.05, 0.1) is 4.90 Å². The Hall–Kier alpha value is -1.60. The van der Waals surface area contributed by atoms with Crippen LogP contribution in [0.2, 0.25) is 0 Å². The van der Waals surface area contributed by atoms with E-state index in [9.17, 15) is 13.2 Å². The van der Waals surface area contributed by atoms with Crippen LogP contribution in [-0.2, 0) is 14.8 Å². The van der Waals surface area contributed by atoms with Crippen LogP contribution in [0.3, 0.4) is 0 Å². The van der Waals surface area contributed by atoms with Crippen molar-refractivity contribution in [1.29, 1.82) is 0 Å². The standard InChI is InChI=1S/C12H17N3O3S/c1-8-4-9(13)6-11(5-8)19(17,18)14-7-10-2-3-12(16)15-10/h4-6,10,14H,2-3,7,13H2,1H3,(H,15,16). The van der Waals surface area contributed by atoms with Gasteiger partial charge in [-0.3, -0.25) is 4.79 Å². The number of hydrogen-bond donors (Lipinski definition) is 3. The highest BCUT2D eigenvalue weighted by atomic mass is 32.2. The molecule has 0 aliphatic carbocycles. The van der Waals surface area contributed by atoms with Gasteiger partial charge in [-0.1, -0.05) is 0 Å². The summed E-state index contributed by atoms with van der Waals surface area (Å²) in [5, 5.41) is 2.71. The lowest BCUT2D eigenvalue weighted by atomic mass is 10.2. The molecule has 6 nitrogen and oxygen atoms in total. The van der Waals surface area contributed by atoms with Crippen molar-refractivity contribution in [1.82, 2.24) is 10.0 Å². The van der Waals surface area contributed by atoms with Crippen molar-refractivity contribution in [3.63, 3.8) is 0 Å². The molecule has 1 atom stereocenters. The molecule has 1 aliphatic rings. The summed E-state index contributed by atoms with van der Waals surface area (Å²) in [5.41, 5.74) is 6.84. The second-order valence-electron chi connectivity index (χ2n) is 4.73. The molecule has 0 spiro atoms. The third kappa shape index (κ3) is 3.45. The molecule has 1 aliphatic heterocycles. The van der Waals surface area contributed by atoms with Crippen LogP contribution in [0.4, 0.5) is 5.69 Å². The largest absolute Gasteiger partial charge is 0.399 e. The van der Waals surface area contributed by atoms with Crippen LogP contribution >= 0.6 is 0 Å². The minimum atomic E-state index is -3.59. The maximum absolute atomic E-state index is 12.1. The van der Waals surface area contributed by atoms with Crippen LogP contribution < -0.4 is 15.8 Å². The fourth-order valence-electron chi connectivity index (χ4n) is 2.06. The molecule has 0 aromatic heterocycles. The fourth-order valence-corrected chi connectivity index (χ4v) is 3.28.